The highest BCUT2D eigenvalue weighted by Gasteiger charge is 2.22. The molecule has 132 valence electrons. The van der Waals surface area contributed by atoms with Crippen molar-refractivity contribution in [1.82, 2.24) is 15.5 Å². The molecule has 2 aliphatic heterocycles. The molecule has 24 heavy (non-hydrogen) atoms. The molecule has 2 aliphatic rings. The Morgan fingerprint density at radius 1 is 1.21 bits per heavy atom. The lowest BCUT2D eigenvalue weighted by Crippen LogP contribution is -2.40. The Morgan fingerprint density at radius 2 is 2.04 bits per heavy atom. The quantitative estimate of drug-likeness (QED) is 0.873. The molecule has 3 rings (SSSR count). The Labute approximate surface area is 146 Å². The average molecular weight is 329 g/mol. The second-order valence-electron chi connectivity index (χ2n) is 7.35. The zero-order chi connectivity index (χ0) is 16.8. The Balaban J connectivity index is 1.58. The van der Waals surface area contributed by atoms with Crippen molar-refractivity contribution in [3.63, 3.8) is 0 Å². The molecular weight excluding hydrogens is 298 g/mol. The molecule has 0 spiro atoms. The van der Waals surface area contributed by atoms with Crippen LogP contribution in [0, 0.1) is 5.92 Å². The van der Waals surface area contributed by atoms with E-state index in [-0.39, 0.29) is 11.8 Å². The van der Waals surface area contributed by atoms with Gasteiger partial charge in [-0.05, 0) is 56.8 Å². The van der Waals surface area contributed by atoms with Crippen LogP contribution in [0.4, 0.5) is 0 Å². The summed E-state index contributed by atoms with van der Waals surface area (Å²) in [6.45, 7) is 7.03. The predicted molar refractivity (Wildman–Crippen MR) is 97.6 cm³/mol. The molecule has 0 saturated carbocycles. The summed E-state index contributed by atoms with van der Waals surface area (Å²) >= 11 is 0. The molecule has 2 unspecified atom stereocenters. The van der Waals surface area contributed by atoms with Gasteiger partial charge in [-0.3, -0.25) is 9.69 Å². The van der Waals surface area contributed by atoms with Gasteiger partial charge in [0, 0.05) is 25.7 Å². The van der Waals surface area contributed by atoms with Crippen LogP contribution in [0.2, 0.25) is 0 Å². The van der Waals surface area contributed by atoms with Crippen LogP contribution in [0.5, 0.6) is 0 Å². The van der Waals surface area contributed by atoms with Gasteiger partial charge in [-0.25, -0.2) is 0 Å². The number of nitrogens with one attached hydrogen (secondary N) is 2. The van der Waals surface area contributed by atoms with Crippen molar-refractivity contribution in [2.24, 2.45) is 5.92 Å². The number of carbonyl (C=O) groups is 1. The zero-order valence-corrected chi connectivity index (χ0v) is 14.9. The summed E-state index contributed by atoms with van der Waals surface area (Å²) in [5.74, 6) is 0.330. The molecule has 2 saturated heterocycles. The van der Waals surface area contributed by atoms with E-state index in [0.717, 1.165) is 32.5 Å². The fraction of sp³-hybridized carbons (Fsp3) is 0.650. The van der Waals surface area contributed by atoms with Crippen LogP contribution in [0.3, 0.4) is 0 Å². The third-order valence-electron chi connectivity index (χ3n) is 5.55. The number of hydrogen-bond donors (Lipinski definition) is 2. The standard InChI is InChI=1S/C20H31N3O/c1-16-7-4-5-12-23(16)15-19-9-3-2-8-17(19)14-22-20(24)18-10-6-11-21-13-18/h2-3,8-9,16,18,21H,4-7,10-15H2,1H3,(H,22,24). The minimum Gasteiger partial charge on any atom is -0.352 e. The van der Waals surface area contributed by atoms with Crippen molar-refractivity contribution in [3.8, 4) is 0 Å². The van der Waals surface area contributed by atoms with Gasteiger partial charge in [0.05, 0.1) is 5.92 Å². The third-order valence-corrected chi connectivity index (χ3v) is 5.55. The van der Waals surface area contributed by atoms with Crippen LogP contribution in [0.15, 0.2) is 24.3 Å². The van der Waals surface area contributed by atoms with Crippen LogP contribution in [-0.4, -0.2) is 36.5 Å². The van der Waals surface area contributed by atoms with Gasteiger partial charge in [-0.2, -0.15) is 0 Å². The minimum absolute atomic E-state index is 0.132. The topological polar surface area (TPSA) is 44.4 Å². The van der Waals surface area contributed by atoms with E-state index in [2.05, 4.69) is 46.7 Å². The van der Waals surface area contributed by atoms with Gasteiger partial charge < -0.3 is 10.6 Å². The van der Waals surface area contributed by atoms with Crippen molar-refractivity contribution < 1.29 is 4.79 Å². The first-order chi connectivity index (χ1) is 11.7. The number of benzene rings is 1. The number of hydrogen-bond acceptors (Lipinski definition) is 3. The third kappa shape index (κ3) is 4.58. The molecule has 0 radical (unpaired) electrons. The molecule has 2 atom stereocenters. The zero-order valence-electron chi connectivity index (χ0n) is 14.9. The van der Waals surface area contributed by atoms with Crippen LogP contribution >= 0.6 is 0 Å². The maximum atomic E-state index is 12.4. The smallest absolute Gasteiger partial charge is 0.224 e. The minimum atomic E-state index is 0.132. The molecule has 1 aromatic carbocycles. The molecule has 0 bridgehead atoms. The van der Waals surface area contributed by atoms with Crippen molar-refractivity contribution in [2.75, 3.05) is 19.6 Å². The molecule has 1 amide bonds. The average Bonchev–Trinajstić information content (AvgIpc) is 2.63. The number of nitrogens with zero attached hydrogens (tertiary/aromatic N) is 1. The first-order valence-corrected chi connectivity index (χ1v) is 9.53. The van der Waals surface area contributed by atoms with E-state index in [1.54, 1.807) is 0 Å². The van der Waals surface area contributed by atoms with Crippen LogP contribution in [0.25, 0.3) is 0 Å². The fourth-order valence-electron chi connectivity index (χ4n) is 3.90. The van der Waals surface area contributed by atoms with Crippen molar-refractivity contribution in [2.45, 2.75) is 58.2 Å². The normalized spacial score (nSPS) is 25.4. The number of amides is 1. The summed E-state index contributed by atoms with van der Waals surface area (Å²) in [6.07, 6.45) is 6.06. The lowest BCUT2D eigenvalue weighted by atomic mass is 9.98. The van der Waals surface area contributed by atoms with Gasteiger partial charge >= 0.3 is 0 Å². The first kappa shape index (κ1) is 17.4. The lowest BCUT2D eigenvalue weighted by Gasteiger charge is -2.33. The van der Waals surface area contributed by atoms with Crippen molar-refractivity contribution in [1.29, 1.82) is 0 Å². The lowest BCUT2D eigenvalue weighted by molar-refractivity contribution is -0.125. The van der Waals surface area contributed by atoms with E-state index in [9.17, 15) is 4.79 Å². The molecule has 2 fully saturated rings. The van der Waals surface area contributed by atoms with Gasteiger partial charge in [-0.1, -0.05) is 30.7 Å². The molecule has 0 aliphatic carbocycles. The van der Waals surface area contributed by atoms with Crippen LogP contribution in [-0.2, 0) is 17.9 Å². The second kappa shape index (κ2) is 8.63. The van der Waals surface area contributed by atoms with Crippen molar-refractivity contribution >= 4 is 5.91 Å². The highest BCUT2D eigenvalue weighted by Crippen LogP contribution is 2.21. The van der Waals surface area contributed by atoms with E-state index in [4.69, 9.17) is 0 Å². The monoisotopic (exact) mass is 329 g/mol. The van der Waals surface area contributed by atoms with Gasteiger partial charge in [0.25, 0.3) is 0 Å². The van der Waals surface area contributed by atoms with E-state index in [0.29, 0.717) is 12.6 Å². The van der Waals surface area contributed by atoms with Crippen LogP contribution < -0.4 is 10.6 Å². The molecule has 4 nitrogen and oxygen atoms in total. The predicted octanol–water partition coefficient (Wildman–Crippen LogP) is 2.68. The number of rotatable bonds is 5. The Kier molecular flexibility index (Phi) is 6.27. The molecular formula is C20H31N3O. The second-order valence-corrected chi connectivity index (χ2v) is 7.35. The maximum Gasteiger partial charge on any atom is 0.224 e. The van der Waals surface area contributed by atoms with Gasteiger partial charge in [0.15, 0.2) is 0 Å². The highest BCUT2D eigenvalue weighted by molar-refractivity contribution is 5.79. The molecule has 2 N–H and O–H groups in total. The summed E-state index contributed by atoms with van der Waals surface area (Å²) in [5, 5.41) is 6.48. The SMILES string of the molecule is CC1CCCCN1Cc1ccccc1CNC(=O)C1CCCNC1. The summed E-state index contributed by atoms with van der Waals surface area (Å²) in [7, 11) is 0. The number of likely N-dealkylation sites (tertiary alicyclic amines) is 1. The Hall–Kier alpha value is -1.39. The number of carbonyl (C=O) groups excluding carboxylic acids is 1. The molecule has 1 aromatic rings. The van der Waals surface area contributed by atoms with Gasteiger partial charge in [-0.15, -0.1) is 0 Å². The first-order valence-electron chi connectivity index (χ1n) is 9.53. The Morgan fingerprint density at radius 3 is 2.79 bits per heavy atom. The largest absolute Gasteiger partial charge is 0.352 e. The Bertz CT molecular complexity index is 539. The summed E-state index contributed by atoms with van der Waals surface area (Å²) in [4.78, 5) is 14.9. The van der Waals surface area contributed by atoms with Crippen LogP contribution in [0.1, 0.15) is 50.2 Å². The fourth-order valence-corrected chi connectivity index (χ4v) is 3.90. The van der Waals surface area contributed by atoms with E-state index >= 15 is 0 Å². The summed E-state index contributed by atoms with van der Waals surface area (Å²) in [5.41, 5.74) is 2.61. The van der Waals surface area contributed by atoms with Crippen molar-refractivity contribution in [3.05, 3.63) is 35.4 Å². The molecule has 2 heterocycles. The summed E-state index contributed by atoms with van der Waals surface area (Å²) < 4.78 is 0. The maximum absolute atomic E-state index is 12.4. The molecule has 4 heteroatoms. The van der Waals surface area contributed by atoms with Gasteiger partial charge in [0.1, 0.15) is 0 Å². The molecule has 0 aromatic heterocycles. The highest BCUT2D eigenvalue weighted by atomic mass is 16.1. The van der Waals surface area contributed by atoms with E-state index < -0.39 is 0 Å². The van der Waals surface area contributed by atoms with E-state index in [1.165, 1.54) is 36.9 Å². The van der Waals surface area contributed by atoms with Gasteiger partial charge in [0.2, 0.25) is 5.91 Å². The van der Waals surface area contributed by atoms with E-state index in [1.807, 2.05) is 0 Å². The summed E-state index contributed by atoms with van der Waals surface area (Å²) in [6, 6.07) is 9.22. The number of piperidine rings is 2.